The van der Waals surface area contributed by atoms with E-state index in [0.717, 1.165) is 5.56 Å². The Morgan fingerprint density at radius 2 is 2.22 bits per heavy atom. The first-order valence-electron chi connectivity index (χ1n) is 5.12. The fourth-order valence-electron chi connectivity index (χ4n) is 1.46. The van der Waals surface area contributed by atoms with E-state index < -0.39 is 6.16 Å². The molecule has 0 saturated heterocycles. The number of hydrogen-bond acceptors (Lipinski definition) is 4. The predicted molar refractivity (Wildman–Crippen MR) is 64.0 cm³/mol. The largest absolute Gasteiger partial charge is 0.512 e. The van der Waals surface area contributed by atoms with E-state index in [9.17, 15) is 4.79 Å². The molecule has 2 rings (SSSR count). The van der Waals surface area contributed by atoms with Crippen molar-refractivity contribution in [2.75, 3.05) is 0 Å². The summed E-state index contributed by atoms with van der Waals surface area (Å²) in [4.78, 5) is 10.4. The van der Waals surface area contributed by atoms with E-state index in [-0.39, 0.29) is 5.88 Å². The lowest BCUT2D eigenvalue weighted by molar-refractivity contribution is 0.142. The molecule has 0 fully saturated rings. The Morgan fingerprint density at radius 3 is 2.89 bits per heavy atom. The van der Waals surface area contributed by atoms with Crippen LogP contribution >= 0.6 is 11.6 Å². The van der Waals surface area contributed by atoms with Crippen LogP contribution in [-0.2, 0) is 6.54 Å². The van der Waals surface area contributed by atoms with Crippen LogP contribution in [0.25, 0.3) is 0 Å². The minimum absolute atomic E-state index is 0.0189. The van der Waals surface area contributed by atoms with Gasteiger partial charge in [-0.1, -0.05) is 40.1 Å². The molecule has 1 aromatic heterocycles. The third-order valence-electron chi connectivity index (χ3n) is 2.40. The molecule has 0 aliphatic heterocycles. The number of rotatable bonds is 3. The summed E-state index contributed by atoms with van der Waals surface area (Å²) < 4.78 is 6.01. The van der Waals surface area contributed by atoms with Crippen molar-refractivity contribution < 1.29 is 14.6 Å². The van der Waals surface area contributed by atoms with Gasteiger partial charge in [-0.15, -0.1) is 0 Å². The molecule has 2 aromatic rings. The van der Waals surface area contributed by atoms with Crippen molar-refractivity contribution in [1.29, 1.82) is 0 Å². The molecule has 94 valence electrons. The maximum absolute atomic E-state index is 10.4. The molecule has 0 aliphatic carbocycles. The van der Waals surface area contributed by atoms with Crippen LogP contribution in [0.1, 0.15) is 11.3 Å². The maximum atomic E-state index is 10.4. The highest BCUT2D eigenvalue weighted by molar-refractivity contribution is 6.31. The molecule has 0 saturated carbocycles. The van der Waals surface area contributed by atoms with Crippen LogP contribution in [-0.4, -0.2) is 26.3 Å². The lowest BCUT2D eigenvalue weighted by Crippen LogP contribution is -2.06. The average molecular weight is 268 g/mol. The standard InChI is InChI=1S/C11H10ClN3O3/c1-7-10(18-11(16)17)13-14-15(7)6-8-4-2-3-5-9(8)12/h2-5H,6H2,1H3,(H,16,17). The first-order valence-corrected chi connectivity index (χ1v) is 5.50. The number of carbonyl (C=O) groups is 1. The van der Waals surface area contributed by atoms with Gasteiger partial charge in [-0.2, -0.15) is 0 Å². The van der Waals surface area contributed by atoms with Crippen molar-refractivity contribution in [3.63, 3.8) is 0 Å². The van der Waals surface area contributed by atoms with Crippen LogP contribution < -0.4 is 4.74 Å². The van der Waals surface area contributed by atoms with Crippen molar-refractivity contribution in [3.05, 3.63) is 40.5 Å². The van der Waals surface area contributed by atoms with Gasteiger partial charge >= 0.3 is 6.16 Å². The molecular formula is C11H10ClN3O3. The fourth-order valence-corrected chi connectivity index (χ4v) is 1.66. The van der Waals surface area contributed by atoms with E-state index in [0.29, 0.717) is 17.3 Å². The SMILES string of the molecule is Cc1c(OC(=O)O)nnn1Cc1ccccc1Cl. The molecule has 0 spiro atoms. The monoisotopic (exact) mass is 267 g/mol. The lowest BCUT2D eigenvalue weighted by atomic mass is 10.2. The number of hydrogen-bond donors (Lipinski definition) is 1. The van der Waals surface area contributed by atoms with Crippen molar-refractivity contribution >= 4 is 17.8 Å². The normalized spacial score (nSPS) is 10.3. The third kappa shape index (κ3) is 2.60. The summed E-state index contributed by atoms with van der Waals surface area (Å²) in [6.45, 7) is 2.08. The van der Waals surface area contributed by atoms with Crippen molar-refractivity contribution in [3.8, 4) is 5.88 Å². The summed E-state index contributed by atoms with van der Waals surface area (Å²) in [6, 6.07) is 7.33. The second-order valence-electron chi connectivity index (χ2n) is 3.60. The highest BCUT2D eigenvalue weighted by Gasteiger charge is 2.13. The number of ether oxygens (including phenoxy) is 1. The Kier molecular flexibility index (Phi) is 3.47. The second-order valence-corrected chi connectivity index (χ2v) is 4.00. The summed E-state index contributed by atoms with van der Waals surface area (Å²) in [5.74, 6) is -0.0189. The second kappa shape index (κ2) is 5.05. The fraction of sp³-hybridized carbons (Fsp3) is 0.182. The minimum Gasteiger partial charge on any atom is -0.449 e. The van der Waals surface area contributed by atoms with Crippen LogP contribution in [0.15, 0.2) is 24.3 Å². The van der Waals surface area contributed by atoms with Gasteiger partial charge in [-0.25, -0.2) is 9.48 Å². The molecule has 18 heavy (non-hydrogen) atoms. The molecule has 0 bridgehead atoms. The van der Waals surface area contributed by atoms with E-state index in [4.69, 9.17) is 16.7 Å². The van der Waals surface area contributed by atoms with Gasteiger partial charge in [0.25, 0.3) is 5.88 Å². The van der Waals surface area contributed by atoms with Gasteiger partial charge < -0.3 is 9.84 Å². The van der Waals surface area contributed by atoms with E-state index in [2.05, 4.69) is 15.0 Å². The first-order chi connectivity index (χ1) is 8.58. The molecule has 0 unspecified atom stereocenters. The van der Waals surface area contributed by atoms with Crippen molar-refractivity contribution in [2.45, 2.75) is 13.5 Å². The average Bonchev–Trinajstić information content (AvgIpc) is 2.64. The summed E-state index contributed by atoms with van der Waals surface area (Å²) in [5.41, 5.74) is 1.39. The number of nitrogens with zero attached hydrogens (tertiary/aromatic N) is 3. The highest BCUT2D eigenvalue weighted by atomic mass is 35.5. The molecule has 1 aromatic carbocycles. The van der Waals surface area contributed by atoms with Crippen molar-refractivity contribution in [1.82, 2.24) is 15.0 Å². The molecule has 0 atom stereocenters. The molecule has 0 aliphatic rings. The van der Waals surface area contributed by atoms with Crippen LogP contribution in [0.3, 0.4) is 0 Å². The van der Waals surface area contributed by atoms with E-state index in [1.54, 1.807) is 13.0 Å². The van der Waals surface area contributed by atoms with E-state index in [1.165, 1.54) is 4.68 Å². The van der Waals surface area contributed by atoms with Gasteiger partial charge in [0.1, 0.15) is 5.69 Å². The molecular weight excluding hydrogens is 258 g/mol. The number of carboxylic acid groups (broad SMARTS) is 1. The van der Waals surface area contributed by atoms with Crippen molar-refractivity contribution in [2.24, 2.45) is 0 Å². The molecule has 7 heteroatoms. The summed E-state index contributed by atoms with van der Waals surface area (Å²) in [7, 11) is 0. The zero-order valence-electron chi connectivity index (χ0n) is 9.50. The van der Waals surface area contributed by atoms with Gasteiger partial charge in [0.05, 0.1) is 6.54 Å². The predicted octanol–water partition coefficient (Wildman–Crippen LogP) is 2.35. The summed E-state index contributed by atoms with van der Waals surface area (Å²) >= 11 is 6.03. The number of benzene rings is 1. The van der Waals surface area contributed by atoms with E-state index in [1.807, 2.05) is 18.2 Å². The molecule has 0 radical (unpaired) electrons. The van der Waals surface area contributed by atoms with E-state index >= 15 is 0 Å². The van der Waals surface area contributed by atoms with Crippen LogP contribution in [0, 0.1) is 6.92 Å². The van der Waals surface area contributed by atoms with Gasteiger partial charge in [0.2, 0.25) is 0 Å². The smallest absolute Gasteiger partial charge is 0.449 e. The Balaban J connectivity index is 2.23. The minimum atomic E-state index is -1.41. The molecule has 6 nitrogen and oxygen atoms in total. The number of halogens is 1. The summed E-state index contributed by atoms with van der Waals surface area (Å²) in [5, 5.41) is 16.6. The molecule has 1 heterocycles. The third-order valence-corrected chi connectivity index (χ3v) is 2.77. The quantitative estimate of drug-likeness (QED) is 0.864. The van der Waals surface area contributed by atoms with Gasteiger partial charge in [0, 0.05) is 5.02 Å². The topological polar surface area (TPSA) is 77.2 Å². The molecule has 1 N–H and O–H groups in total. The Labute approximate surface area is 108 Å². The Morgan fingerprint density at radius 1 is 1.50 bits per heavy atom. The van der Waals surface area contributed by atoms with Crippen LogP contribution in [0.5, 0.6) is 5.88 Å². The Bertz CT molecular complexity index is 583. The number of aromatic nitrogens is 3. The van der Waals surface area contributed by atoms with Crippen LogP contribution in [0.4, 0.5) is 4.79 Å². The van der Waals surface area contributed by atoms with Crippen LogP contribution in [0.2, 0.25) is 5.02 Å². The van der Waals surface area contributed by atoms with Gasteiger partial charge in [-0.05, 0) is 18.6 Å². The van der Waals surface area contributed by atoms with Gasteiger partial charge in [0.15, 0.2) is 0 Å². The summed E-state index contributed by atoms with van der Waals surface area (Å²) in [6.07, 6.45) is -1.41. The van der Waals surface area contributed by atoms with Gasteiger partial charge in [-0.3, -0.25) is 0 Å². The highest BCUT2D eigenvalue weighted by Crippen LogP contribution is 2.19. The lowest BCUT2D eigenvalue weighted by Gasteiger charge is -2.05. The Hall–Kier alpha value is -2.08. The zero-order chi connectivity index (χ0) is 13.1. The molecule has 0 amide bonds. The maximum Gasteiger partial charge on any atom is 0.512 e. The first kappa shape index (κ1) is 12.4. The zero-order valence-corrected chi connectivity index (χ0v) is 10.3.